The van der Waals surface area contributed by atoms with Gasteiger partial charge in [0.15, 0.2) is 0 Å². The van der Waals surface area contributed by atoms with Crippen LogP contribution in [0.15, 0.2) is 24.3 Å². The quantitative estimate of drug-likeness (QED) is 0.790. The first-order valence-corrected chi connectivity index (χ1v) is 10.4. The number of hydrogen-bond acceptors (Lipinski definition) is 5. The minimum absolute atomic E-state index is 0.0514. The van der Waals surface area contributed by atoms with Crippen molar-refractivity contribution in [2.24, 2.45) is 0 Å². The first kappa shape index (κ1) is 21.7. The Morgan fingerprint density at radius 1 is 1.20 bits per heavy atom. The summed E-state index contributed by atoms with van der Waals surface area (Å²) >= 11 is 0. The highest BCUT2D eigenvalue weighted by Crippen LogP contribution is 2.27. The number of ether oxygens (including phenoxy) is 1. The molecule has 1 aliphatic rings. The van der Waals surface area contributed by atoms with E-state index in [1.165, 1.54) is 0 Å². The average Bonchev–Trinajstić information content (AvgIpc) is 2.76. The van der Waals surface area contributed by atoms with Crippen molar-refractivity contribution in [3.63, 3.8) is 0 Å². The number of benzene rings is 1. The van der Waals surface area contributed by atoms with Crippen molar-refractivity contribution >= 4 is 11.8 Å². The van der Waals surface area contributed by atoms with Crippen molar-refractivity contribution in [2.75, 3.05) is 27.2 Å². The number of piperidine rings is 1. The van der Waals surface area contributed by atoms with Crippen LogP contribution < -0.4 is 10.1 Å². The second-order valence-corrected chi connectivity index (χ2v) is 7.79. The van der Waals surface area contributed by atoms with Gasteiger partial charge in [0.1, 0.15) is 11.6 Å². The fourth-order valence-corrected chi connectivity index (χ4v) is 3.94. The Morgan fingerprint density at radius 3 is 2.60 bits per heavy atom. The van der Waals surface area contributed by atoms with Crippen LogP contribution in [-0.4, -0.2) is 53.9 Å². The van der Waals surface area contributed by atoms with Crippen LogP contribution in [0.1, 0.15) is 47.1 Å². The Morgan fingerprint density at radius 2 is 1.93 bits per heavy atom. The van der Waals surface area contributed by atoms with Gasteiger partial charge in [-0.1, -0.05) is 12.1 Å². The molecule has 0 bridgehead atoms. The van der Waals surface area contributed by atoms with Gasteiger partial charge in [-0.2, -0.15) is 0 Å². The molecular formula is C23H30N4O3. The Bertz CT molecular complexity index is 905. The van der Waals surface area contributed by atoms with Gasteiger partial charge in [-0.05, 0) is 44.4 Å². The van der Waals surface area contributed by atoms with Gasteiger partial charge in [0.05, 0.1) is 20.0 Å². The summed E-state index contributed by atoms with van der Waals surface area (Å²) in [7, 11) is 3.25. The number of aryl methyl sites for hydroxylation is 2. The summed E-state index contributed by atoms with van der Waals surface area (Å²) in [6, 6.07) is 7.63. The van der Waals surface area contributed by atoms with Gasteiger partial charge in [0, 0.05) is 43.0 Å². The zero-order chi connectivity index (χ0) is 21.7. The molecule has 2 amide bonds. The largest absolute Gasteiger partial charge is 0.497 e. The van der Waals surface area contributed by atoms with E-state index in [9.17, 15) is 9.59 Å². The van der Waals surface area contributed by atoms with Gasteiger partial charge < -0.3 is 15.0 Å². The molecule has 1 aliphatic heterocycles. The zero-order valence-electron chi connectivity index (χ0n) is 18.2. The van der Waals surface area contributed by atoms with Crippen molar-refractivity contribution < 1.29 is 14.3 Å². The number of nitrogens with zero attached hydrogens (tertiary/aromatic N) is 3. The second kappa shape index (κ2) is 9.69. The number of nitrogens with one attached hydrogen (secondary N) is 1. The van der Waals surface area contributed by atoms with E-state index in [4.69, 9.17) is 14.7 Å². The van der Waals surface area contributed by atoms with Crippen LogP contribution in [0.25, 0.3) is 0 Å². The normalized spacial score (nSPS) is 16.3. The molecule has 30 heavy (non-hydrogen) atoms. The van der Waals surface area contributed by atoms with Crippen molar-refractivity contribution in [3.8, 4) is 5.75 Å². The van der Waals surface area contributed by atoms with E-state index in [2.05, 4.69) is 5.32 Å². The third-order valence-electron chi connectivity index (χ3n) is 5.68. The molecule has 1 fully saturated rings. The second-order valence-electron chi connectivity index (χ2n) is 7.79. The average molecular weight is 411 g/mol. The maximum atomic E-state index is 12.9. The van der Waals surface area contributed by atoms with Crippen molar-refractivity contribution in [1.29, 1.82) is 0 Å². The van der Waals surface area contributed by atoms with Crippen LogP contribution in [0.5, 0.6) is 5.75 Å². The van der Waals surface area contributed by atoms with Gasteiger partial charge in [-0.3, -0.25) is 9.59 Å². The van der Waals surface area contributed by atoms with E-state index >= 15 is 0 Å². The number of aromatic nitrogens is 2. The number of carbonyl (C=O) groups is 2. The lowest BCUT2D eigenvalue weighted by atomic mass is 9.95. The predicted octanol–water partition coefficient (Wildman–Crippen LogP) is 2.34. The maximum absolute atomic E-state index is 12.9. The molecule has 1 saturated heterocycles. The van der Waals surface area contributed by atoms with E-state index in [1.807, 2.05) is 43.0 Å². The molecule has 1 aromatic carbocycles. The lowest BCUT2D eigenvalue weighted by Gasteiger charge is -2.32. The van der Waals surface area contributed by atoms with E-state index in [-0.39, 0.29) is 24.2 Å². The van der Waals surface area contributed by atoms with Gasteiger partial charge in [-0.25, -0.2) is 9.97 Å². The molecule has 7 nitrogen and oxygen atoms in total. The van der Waals surface area contributed by atoms with Crippen LogP contribution in [0.4, 0.5) is 0 Å². The third-order valence-corrected chi connectivity index (χ3v) is 5.68. The highest BCUT2D eigenvalue weighted by atomic mass is 16.5. The van der Waals surface area contributed by atoms with E-state index < -0.39 is 0 Å². The molecule has 0 spiro atoms. The van der Waals surface area contributed by atoms with Gasteiger partial charge in [-0.15, -0.1) is 0 Å². The van der Waals surface area contributed by atoms with E-state index in [0.717, 1.165) is 53.5 Å². The summed E-state index contributed by atoms with van der Waals surface area (Å²) in [5.41, 5.74) is 3.49. The Balaban J connectivity index is 1.71. The van der Waals surface area contributed by atoms with Crippen LogP contribution in [-0.2, 0) is 22.4 Å². The van der Waals surface area contributed by atoms with Crippen molar-refractivity contribution in [1.82, 2.24) is 20.2 Å². The molecular weight excluding hydrogens is 380 g/mol. The minimum Gasteiger partial charge on any atom is -0.497 e. The van der Waals surface area contributed by atoms with Crippen LogP contribution in [0, 0.1) is 13.8 Å². The summed E-state index contributed by atoms with van der Waals surface area (Å²) in [5, 5.41) is 2.64. The maximum Gasteiger partial charge on any atom is 0.227 e. The van der Waals surface area contributed by atoms with Gasteiger partial charge in [0.25, 0.3) is 0 Å². The number of likely N-dealkylation sites (tertiary alicyclic amines) is 1. The summed E-state index contributed by atoms with van der Waals surface area (Å²) in [4.78, 5) is 36.0. The summed E-state index contributed by atoms with van der Waals surface area (Å²) < 4.78 is 5.25. The smallest absolute Gasteiger partial charge is 0.227 e. The molecule has 2 heterocycles. The molecule has 7 heteroatoms. The topological polar surface area (TPSA) is 84.4 Å². The highest BCUT2D eigenvalue weighted by molar-refractivity contribution is 5.79. The molecule has 1 aromatic heterocycles. The van der Waals surface area contributed by atoms with E-state index in [0.29, 0.717) is 13.0 Å². The lowest BCUT2D eigenvalue weighted by molar-refractivity contribution is -0.131. The Kier molecular flexibility index (Phi) is 7.03. The standard InChI is InChI=1S/C23H30N4O3/c1-15-20(13-21(28)24-3)16(2)26-23(25-15)18-8-6-10-27(14-18)22(29)12-17-7-5-9-19(11-17)30-4/h5,7,9,11,18H,6,8,10,12-14H2,1-4H3,(H,24,28)/t18-/m0/s1. The molecule has 3 rings (SSSR count). The van der Waals surface area contributed by atoms with Crippen LogP contribution in [0.3, 0.4) is 0 Å². The first-order chi connectivity index (χ1) is 14.4. The molecule has 0 radical (unpaired) electrons. The number of amides is 2. The number of likely N-dealkylation sites (N-methyl/N-ethyl adjacent to an activating group) is 1. The molecule has 160 valence electrons. The number of methoxy groups -OCH3 is 1. The Labute approximate surface area is 177 Å². The Hall–Kier alpha value is -2.96. The van der Waals surface area contributed by atoms with Crippen LogP contribution in [0.2, 0.25) is 0 Å². The third kappa shape index (κ3) is 5.14. The fourth-order valence-electron chi connectivity index (χ4n) is 3.94. The molecule has 0 saturated carbocycles. The van der Waals surface area contributed by atoms with Crippen molar-refractivity contribution in [3.05, 3.63) is 52.6 Å². The van der Waals surface area contributed by atoms with E-state index in [1.54, 1.807) is 14.2 Å². The monoisotopic (exact) mass is 410 g/mol. The minimum atomic E-state index is -0.0514. The summed E-state index contributed by atoms with van der Waals surface area (Å²) in [6.07, 6.45) is 2.52. The molecule has 1 atom stereocenters. The zero-order valence-corrected chi connectivity index (χ0v) is 18.2. The summed E-state index contributed by atoms with van der Waals surface area (Å²) in [5.74, 6) is 1.69. The number of hydrogen-bond donors (Lipinski definition) is 1. The summed E-state index contributed by atoms with van der Waals surface area (Å²) in [6.45, 7) is 5.22. The number of carbonyl (C=O) groups excluding carboxylic acids is 2. The highest BCUT2D eigenvalue weighted by Gasteiger charge is 2.27. The lowest BCUT2D eigenvalue weighted by Crippen LogP contribution is -2.40. The SMILES string of the molecule is CNC(=O)Cc1c(C)nc([C@H]2CCCN(C(=O)Cc3cccc(OC)c3)C2)nc1C. The molecule has 0 aliphatic carbocycles. The van der Waals surface area contributed by atoms with Crippen LogP contribution >= 0.6 is 0 Å². The van der Waals surface area contributed by atoms with Gasteiger partial charge in [0.2, 0.25) is 11.8 Å². The predicted molar refractivity (Wildman–Crippen MR) is 115 cm³/mol. The van der Waals surface area contributed by atoms with Gasteiger partial charge >= 0.3 is 0 Å². The first-order valence-electron chi connectivity index (χ1n) is 10.4. The number of rotatable bonds is 6. The molecule has 2 aromatic rings. The molecule has 1 N–H and O–H groups in total. The molecule has 0 unspecified atom stereocenters. The van der Waals surface area contributed by atoms with Crippen molar-refractivity contribution in [2.45, 2.75) is 45.4 Å². The fraction of sp³-hybridized carbons (Fsp3) is 0.478.